The lowest BCUT2D eigenvalue weighted by Crippen LogP contribution is -2.41. The number of amides is 1. The SMILES string of the molecule is O=C(C1CCC1)N1CC=C(c2cncc(-c3nnc(-c4ccccc4)o3)n2)CC1. The summed E-state index contributed by atoms with van der Waals surface area (Å²) in [4.78, 5) is 23.4. The first kappa shape index (κ1) is 17.7. The Morgan fingerprint density at radius 1 is 1.03 bits per heavy atom. The fourth-order valence-corrected chi connectivity index (χ4v) is 3.66. The summed E-state index contributed by atoms with van der Waals surface area (Å²) in [5.74, 6) is 1.33. The molecular weight excluding hydrogens is 366 g/mol. The van der Waals surface area contributed by atoms with Gasteiger partial charge in [-0.05, 0) is 37.0 Å². The van der Waals surface area contributed by atoms with E-state index in [2.05, 4.69) is 26.2 Å². The highest BCUT2D eigenvalue weighted by atomic mass is 16.4. The maximum Gasteiger partial charge on any atom is 0.268 e. The van der Waals surface area contributed by atoms with Gasteiger partial charge in [-0.3, -0.25) is 9.78 Å². The molecule has 1 aliphatic carbocycles. The third kappa shape index (κ3) is 3.55. The van der Waals surface area contributed by atoms with Gasteiger partial charge in [-0.2, -0.15) is 0 Å². The quantitative estimate of drug-likeness (QED) is 0.680. The van der Waals surface area contributed by atoms with E-state index >= 15 is 0 Å². The second kappa shape index (κ2) is 7.58. The van der Waals surface area contributed by atoms with Gasteiger partial charge in [0, 0.05) is 24.6 Å². The van der Waals surface area contributed by atoms with Crippen LogP contribution < -0.4 is 0 Å². The van der Waals surface area contributed by atoms with Crippen LogP contribution in [0, 0.1) is 5.92 Å². The van der Waals surface area contributed by atoms with Crippen LogP contribution in [0.4, 0.5) is 0 Å². The highest BCUT2D eigenvalue weighted by Crippen LogP contribution is 2.30. The van der Waals surface area contributed by atoms with Crippen LogP contribution in [-0.2, 0) is 4.79 Å². The Bertz CT molecular complexity index is 1060. The topological polar surface area (TPSA) is 85.0 Å². The molecule has 0 atom stereocenters. The molecule has 5 rings (SSSR count). The summed E-state index contributed by atoms with van der Waals surface area (Å²) < 4.78 is 5.79. The van der Waals surface area contributed by atoms with Gasteiger partial charge in [0.15, 0.2) is 0 Å². The highest BCUT2D eigenvalue weighted by molar-refractivity contribution is 5.81. The number of rotatable bonds is 4. The summed E-state index contributed by atoms with van der Waals surface area (Å²) in [6.45, 7) is 1.36. The normalized spacial score (nSPS) is 17.0. The summed E-state index contributed by atoms with van der Waals surface area (Å²) in [5, 5.41) is 8.25. The van der Waals surface area contributed by atoms with E-state index in [0.717, 1.165) is 42.6 Å². The van der Waals surface area contributed by atoms with E-state index < -0.39 is 0 Å². The second-order valence-corrected chi connectivity index (χ2v) is 7.46. The summed E-state index contributed by atoms with van der Waals surface area (Å²) in [5.41, 5.74) is 3.30. The molecule has 3 aromatic rings. The van der Waals surface area contributed by atoms with Crippen molar-refractivity contribution in [1.82, 2.24) is 25.1 Å². The summed E-state index contributed by atoms with van der Waals surface area (Å²) in [7, 11) is 0. The van der Waals surface area contributed by atoms with Crippen molar-refractivity contribution < 1.29 is 9.21 Å². The average Bonchev–Trinajstić information content (AvgIpc) is 3.24. The van der Waals surface area contributed by atoms with Crippen molar-refractivity contribution in [3.05, 3.63) is 54.5 Å². The van der Waals surface area contributed by atoms with E-state index in [1.807, 2.05) is 35.2 Å². The minimum Gasteiger partial charge on any atom is -0.415 e. The largest absolute Gasteiger partial charge is 0.415 e. The first-order chi connectivity index (χ1) is 14.3. The molecule has 146 valence electrons. The molecule has 1 fully saturated rings. The molecule has 1 aromatic carbocycles. The van der Waals surface area contributed by atoms with Crippen LogP contribution in [-0.4, -0.2) is 44.1 Å². The van der Waals surface area contributed by atoms with E-state index in [1.165, 1.54) is 6.42 Å². The minimum absolute atomic E-state index is 0.240. The highest BCUT2D eigenvalue weighted by Gasteiger charge is 2.30. The van der Waals surface area contributed by atoms with Gasteiger partial charge in [0.25, 0.3) is 5.89 Å². The van der Waals surface area contributed by atoms with E-state index in [9.17, 15) is 4.79 Å². The molecule has 7 nitrogen and oxygen atoms in total. The van der Waals surface area contributed by atoms with Crippen molar-refractivity contribution in [2.75, 3.05) is 13.1 Å². The third-order valence-electron chi connectivity index (χ3n) is 5.60. The van der Waals surface area contributed by atoms with Crippen molar-refractivity contribution in [2.24, 2.45) is 5.92 Å². The monoisotopic (exact) mass is 387 g/mol. The Balaban J connectivity index is 1.33. The number of hydrogen-bond donors (Lipinski definition) is 0. The Labute approximate surface area is 168 Å². The molecule has 0 radical (unpaired) electrons. The molecule has 1 aliphatic heterocycles. The molecule has 3 heterocycles. The Kier molecular flexibility index (Phi) is 4.63. The Morgan fingerprint density at radius 3 is 2.55 bits per heavy atom. The van der Waals surface area contributed by atoms with Crippen LogP contribution >= 0.6 is 0 Å². The smallest absolute Gasteiger partial charge is 0.268 e. The number of nitrogens with zero attached hydrogens (tertiary/aromatic N) is 5. The van der Waals surface area contributed by atoms with E-state index in [0.29, 0.717) is 29.9 Å². The van der Waals surface area contributed by atoms with Gasteiger partial charge >= 0.3 is 0 Å². The molecule has 1 saturated carbocycles. The Morgan fingerprint density at radius 2 is 1.83 bits per heavy atom. The maximum absolute atomic E-state index is 12.4. The molecule has 1 amide bonds. The molecule has 0 spiro atoms. The first-order valence-corrected chi connectivity index (χ1v) is 9.97. The van der Waals surface area contributed by atoms with Gasteiger partial charge in [-0.15, -0.1) is 10.2 Å². The van der Waals surface area contributed by atoms with Gasteiger partial charge in [0.05, 0.1) is 18.1 Å². The van der Waals surface area contributed by atoms with Crippen LogP contribution in [0.15, 0.2) is 53.2 Å². The van der Waals surface area contributed by atoms with Gasteiger partial charge in [-0.1, -0.05) is 30.7 Å². The maximum atomic E-state index is 12.4. The van der Waals surface area contributed by atoms with Gasteiger partial charge in [-0.25, -0.2) is 4.98 Å². The fraction of sp³-hybridized carbons (Fsp3) is 0.318. The molecule has 0 bridgehead atoms. The molecule has 7 heteroatoms. The minimum atomic E-state index is 0.240. The predicted octanol–water partition coefficient (Wildman–Crippen LogP) is 3.61. The van der Waals surface area contributed by atoms with Crippen molar-refractivity contribution in [1.29, 1.82) is 0 Å². The molecular formula is C22H21N5O2. The van der Waals surface area contributed by atoms with Crippen molar-refractivity contribution in [3.8, 4) is 23.0 Å². The second-order valence-electron chi connectivity index (χ2n) is 7.46. The molecule has 0 N–H and O–H groups in total. The van der Waals surface area contributed by atoms with Crippen molar-refractivity contribution in [3.63, 3.8) is 0 Å². The molecule has 0 saturated heterocycles. The molecule has 29 heavy (non-hydrogen) atoms. The number of benzene rings is 1. The lowest BCUT2D eigenvalue weighted by atomic mass is 9.84. The summed E-state index contributed by atoms with van der Waals surface area (Å²) in [6.07, 6.45) is 9.47. The zero-order valence-electron chi connectivity index (χ0n) is 16.0. The average molecular weight is 387 g/mol. The van der Waals surface area contributed by atoms with Gasteiger partial charge in [0.1, 0.15) is 5.69 Å². The summed E-state index contributed by atoms with van der Waals surface area (Å²) >= 11 is 0. The van der Waals surface area contributed by atoms with Crippen LogP contribution in [0.5, 0.6) is 0 Å². The van der Waals surface area contributed by atoms with Crippen molar-refractivity contribution >= 4 is 11.5 Å². The molecule has 0 unspecified atom stereocenters. The van der Waals surface area contributed by atoms with Gasteiger partial charge < -0.3 is 9.32 Å². The Hall–Kier alpha value is -3.35. The number of carbonyl (C=O) groups excluding carboxylic acids is 1. The van der Waals surface area contributed by atoms with Crippen LogP contribution in [0.2, 0.25) is 0 Å². The fourth-order valence-electron chi connectivity index (χ4n) is 3.66. The predicted molar refractivity (Wildman–Crippen MR) is 107 cm³/mol. The standard InChI is InChI=1S/C22H21N5O2/c28-22(17-7-4-8-17)27-11-9-15(10-12-27)18-13-23-14-19(24-18)21-26-25-20(29-21)16-5-2-1-3-6-16/h1-3,5-6,9,13-14,17H,4,7-8,10-12H2. The summed E-state index contributed by atoms with van der Waals surface area (Å²) in [6, 6.07) is 9.63. The zero-order chi connectivity index (χ0) is 19.6. The number of hydrogen-bond acceptors (Lipinski definition) is 6. The van der Waals surface area contributed by atoms with Gasteiger partial charge in [0.2, 0.25) is 11.8 Å². The van der Waals surface area contributed by atoms with E-state index in [1.54, 1.807) is 12.4 Å². The third-order valence-corrected chi connectivity index (χ3v) is 5.60. The van der Waals surface area contributed by atoms with E-state index in [4.69, 9.17) is 4.42 Å². The van der Waals surface area contributed by atoms with Crippen LogP contribution in [0.25, 0.3) is 28.6 Å². The number of carbonyl (C=O) groups is 1. The van der Waals surface area contributed by atoms with E-state index in [-0.39, 0.29) is 5.92 Å². The molecule has 2 aliphatic rings. The lowest BCUT2D eigenvalue weighted by molar-refractivity contribution is -0.137. The lowest BCUT2D eigenvalue weighted by Gasteiger charge is -2.33. The van der Waals surface area contributed by atoms with Crippen LogP contribution in [0.1, 0.15) is 31.4 Å². The first-order valence-electron chi connectivity index (χ1n) is 9.97. The zero-order valence-corrected chi connectivity index (χ0v) is 16.0. The van der Waals surface area contributed by atoms with Crippen LogP contribution in [0.3, 0.4) is 0 Å². The number of aromatic nitrogens is 4. The van der Waals surface area contributed by atoms with Crippen molar-refractivity contribution in [2.45, 2.75) is 25.7 Å². The molecule has 2 aromatic heterocycles.